The van der Waals surface area contributed by atoms with Crippen molar-refractivity contribution in [1.29, 1.82) is 0 Å². The Bertz CT molecular complexity index is 211. The number of isocyanates is 1. The van der Waals surface area contributed by atoms with Gasteiger partial charge in [-0.25, -0.2) is 4.79 Å². The van der Waals surface area contributed by atoms with Gasteiger partial charge in [0.15, 0.2) is 0 Å². The smallest absolute Gasteiger partial charge is 0.235 e. The highest BCUT2D eigenvalue weighted by atomic mass is 16.5. The molecule has 4 heteroatoms. The number of rotatable bonds is 2. The minimum Gasteiger partial charge on any atom is -0.364 e. The highest BCUT2D eigenvalue weighted by molar-refractivity contribution is 5.33. The van der Waals surface area contributed by atoms with Crippen LogP contribution in [0.3, 0.4) is 0 Å². The van der Waals surface area contributed by atoms with Crippen LogP contribution in [-0.4, -0.2) is 11.2 Å². The monoisotopic (exact) mass is 124 g/mol. The average Bonchev–Trinajstić information content (AvgIpc) is 2.34. The fourth-order valence-corrected chi connectivity index (χ4v) is 0.432. The minimum absolute atomic E-state index is 0.250. The first-order chi connectivity index (χ1) is 4.43. The van der Waals surface area contributed by atoms with Crippen LogP contribution in [0.2, 0.25) is 0 Å². The Morgan fingerprint density at radius 1 is 1.89 bits per heavy atom. The summed E-state index contributed by atoms with van der Waals surface area (Å²) in [5, 5.41) is 3.51. The summed E-state index contributed by atoms with van der Waals surface area (Å²) in [5.74, 6) is 0. The maximum absolute atomic E-state index is 9.55. The molecule has 9 heavy (non-hydrogen) atoms. The second-order valence-electron chi connectivity index (χ2n) is 1.40. The third-order valence-corrected chi connectivity index (χ3v) is 0.797. The molecule has 0 saturated heterocycles. The van der Waals surface area contributed by atoms with Gasteiger partial charge in [0, 0.05) is 6.07 Å². The fourth-order valence-electron chi connectivity index (χ4n) is 0.432. The van der Waals surface area contributed by atoms with E-state index in [9.17, 15) is 4.79 Å². The molecule has 0 aliphatic carbocycles. The van der Waals surface area contributed by atoms with E-state index in [2.05, 4.69) is 14.7 Å². The zero-order valence-electron chi connectivity index (χ0n) is 4.57. The van der Waals surface area contributed by atoms with Crippen molar-refractivity contribution in [3.05, 3.63) is 18.0 Å². The first-order valence-electron chi connectivity index (χ1n) is 2.36. The minimum atomic E-state index is 0.250. The van der Waals surface area contributed by atoms with Gasteiger partial charge < -0.3 is 4.52 Å². The van der Waals surface area contributed by atoms with Gasteiger partial charge in [0.1, 0.15) is 12.0 Å². The van der Waals surface area contributed by atoms with Crippen LogP contribution in [-0.2, 0) is 11.3 Å². The molecule has 0 aliphatic heterocycles. The lowest BCUT2D eigenvalue weighted by molar-refractivity contribution is 0.412. The number of aliphatic imine (C=N–C) groups is 1. The van der Waals surface area contributed by atoms with Gasteiger partial charge in [-0.15, -0.1) is 0 Å². The maximum Gasteiger partial charge on any atom is 0.235 e. The van der Waals surface area contributed by atoms with E-state index in [-0.39, 0.29) is 6.54 Å². The van der Waals surface area contributed by atoms with Gasteiger partial charge in [-0.2, -0.15) is 4.99 Å². The van der Waals surface area contributed by atoms with E-state index in [1.807, 2.05) is 0 Å². The second kappa shape index (κ2) is 2.79. The van der Waals surface area contributed by atoms with Crippen LogP contribution in [0, 0.1) is 0 Å². The maximum atomic E-state index is 9.55. The van der Waals surface area contributed by atoms with Crippen molar-refractivity contribution in [1.82, 2.24) is 5.16 Å². The van der Waals surface area contributed by atoms with E-state index in [0.29, 0.717) is 5.69 Å². The zero-order valence-corrected chi connectivity index (χ0v) is 4.57. The Labute approximate surface area is 51.2 Å². The normalized spacial score (nSPS) is 8.44. The predicted molar refractivity (Wildman–Crippen MR) is 28.3 cm³/mol. The topological polar surface area (TPSA) is 55.5 Å². The van der Waals surface area contributed by atoms with E-state index < -0.39 is 0 Å². The van der Waals surface area contributed by atoms with E-state index >= 15 is 0 Å². The molecule has 0 N–H and O–H groups in total. The number of carbonyl (C=O) groups excluding carboxylic acids is 1. The Morgan fingerprint density at radius 2 is 2.78 bits per heavy atom. The molecular weight excluding hydrogens is 120 g/mol. The van der Waals surface area contributed by atoms with E-state index in [4.69, 9.17) is 0 Å². The molecule has 0 saturated carbocycles. The zero-order chi connectivity index (χ0) is 6.53. The van der Waals surface area contributed by atoms with Gasteiger partial charge in [-0.3, -0.25) is 0 Å². The van der Waals surface area contributed by atoms with Crippen molar-refractivity contribution in [2.75, 3.05) is 0 Å². The Hall–Kier alpha value is -1.41. The Morgan fingerprint density at radius 3 is 3.33 bits per heavy atom. The second-order valence-corrected chi connectivity index (χ2v) is 1.40. The van der Waals surface area contributed by atoms with Gasteiger partial charge in [-0.1, -0.05) is 5.16 Å². The number of hydrogen-bond donors (Lipinski definition) is 0. The number of aromatic nitrogens is 1. The Balaban J connectivity index is 2.57. The molecule has 0 atom stereocenters. The lowest BCUT2D eigenvalue weighted by Gasteiger charge is -1.76. The molecule has 1 heterocycles. The molecule has 0 spiro atoms. The fraction of sp³-hybridized carbons (Fsp3) is 0.200. The van der Waals surface area contributed by atoms with Crippen LogP contribution < -0.4 is 0 Å². The van der Waals surface area contributed by atoms with E-state index in [0.717, 1.165) is 0 Å². The first-order valence-corrected chi connectivity index (χ1v) is 2.36. The third-order valence-electron chi connectivity index (χ3n) is 0.797. The summed E-state index contributed by atoms with van der Waals surface area (Å²) < 4.78 is 4.47. The van der Waals surface area contributed by atoms with Crippen LogP contribution in [0.15, 0.2) is 21.8 Å². The number of hydrogen-bond acceptors (Lipinski definition) is 4. The van der Waals surface area contributed by atoms with Crippen LogP contribution in [0.1, 0.15) is 5.69 Å². The van der Waals surface area contributed by atoms with Crippen LogP contribution >= 0.6 is 0 Å². The quantitative estimate of drug-likeness (QED) is 0.426. The molecule has 0 aliphatic rings. The van der Waals surface area contributed by atoms with Crippen LogP contribution in [0.25, 0.3) is 0 Å². The summed E-state index contributed by atoms with van der Waals surface area (Å²) in [6.45, 7) is 0.250. The summed E-state index contributed by atoms with van der Waals surface area (Å²) in [6, 6.07) is 1.64. The standard InChI is InChI=1S/C5H4N2O2/c8-4-6-3-5-1-2-9-7-5/h1-2H,3H2. The first kappa shape index (κ1) is 5.72. The molecule has 4 nitrogen and oxygen atoms in total. The molecule has 0 radical (unpaired) electrons. The van der Waals surface area contributed by atoms with Gasteiger partial charge in [-0.05, 0) is 0 Å². The van der Waals surface area contributed by atoms with Crippen molar-refractivity contribution in [2.24, 2.45) is 4.99 Å². The molecule has 0 aromatic carbocycles. The molecule has 0 fully saturated rings. The molecule has 0 bridgehead atoms. The lowest BCUT2D eigenvalue weighted by Crippen LogP contribution is -1.77. The highest BCUT2D eigenvalue weighted by Crippen LogP contribution is 1.94. The van der Waals surface area contributed by atoms with Crippen molar-refractivity contribution < 1.29 is 9.32 Å². The summed E-state index contributed by atoms with van der Waals surface area (Å²) in [5.41, 5.74) is 0.637. The highest BCUT2D eigenvalue weighted by Gasteiger charge is 1.90. The molecular formula is C5H4N2O2. The van der Waals surface area contributed by atoms with Gasteiger partial charge in [0.25, 0.3) is 0 Å². The molecule has 0 unspecified atom stereocenters. The largest absolute Gasteiger partial charge is 0.364 e. The van der Waals surface area contributed by atoms with Crippen molar-refractivity contribution in [2.45, 2.75) is 6.54 Å². The van der Waals surface area contributed by atoms with Crippen molar-refractivity contribution in [3.8, 4) is 0 Å². The van der Waals surface area contributed by atoms with Gasteiger partial charge in [0.2, 0.25) is 6.08 Å². The molecule has 1 rings (SSSR count). The van der Waals surface area contributed by atoms with Crippen LogP contribution in [0.4, 0.5) is 0 Å². The summed E-state index contributed by atoms with van der Waals surface area (Å²) in [6.07, 6.45) is 2.83. The molecule has 46 valence electrons. The van der Waals surface area contributed by atoms with Crippen LogP contribution in [0.5, 0.6) is 0 Å². The molecule has 0 amide bonds. The SMILES string of the molecule is O=C=NCc1ccon1. The summed E-state index contributed by atoms with van der Waals surface area (Å²) in [7, 11) is 0. The predicted octanol–water partition coefficient (Wildman–Crippen LogP) is 0.510. The molecule has 1 aromatic rings. The molecule has 1 aromatic heterocycles. The Kier molecular flexibility index (Phi) is 1.77. The van der Waals surface area contributed by atoms with Gasteiger partial charge in [0.05, 0.1) is 6.54 Å². The number of nitrogens with zero attached hydrogens (tertiary/aromatic N) is 2. The average molecular weight is 124 g/mol. The van der Waals surface area contributed by atoms with Crippen molar-refractivity contribution >= 4 is 6.08 Å². The van der Waals surface area contributed by atoms with E-state index in [1.54, 1.807) is 6.07 Å². The summed E-state index contributed by atoms with van der Waals surface area (Å²) in [4.78, 5) is 12.8. The van der Waals surface area contributed by atoms with E-state index in [1.165, 1.54) is 12.3 Å². The lowest BCUT2D eigenvalue weighted by atomic mass is 10.4. The summed E-state index contributed by atoms with van der Waals surface area (Å²) >= 11 is 0. The van der Waals surface area contributed by atoms with Crippen molar-refractivity contribution in [3.63, 3.8) is 0 Å². The van der Waals surface area contributed by atoms with Gasteiger partial charge >= 0.3 is 0 Å². The third kappa shape index (κ3) is 1.51.